The molecule has 1 fully saturated rings. The molecule has 0 aliphatic carbocycles. The van der Waals surface area contributed by atoms with Gasteiger partial charge in [0.05, 0.1) is 6.61 Å². The summed E-state index contributed by atoms with van der Waals surface area (Å²) < 4.78 is 41.7. The summed E-state index contributed by atoms with van der Waals surface area (Å²) in [5.41, 5.74) is -1.71. The fourth-order valence-electron chi connectivity index (χ4n) is 2.37. The fraction of sp³-hybridized carbons (Fsp3) is 0.733. The molecule has 25 heavy (non-hydrogen) atoms. The van der Waals surface area contributed by atoms with Crippen molar-refractivity contribution in [1.82, 2.24) is 9.55 Å². The van der Waals surface area contributed by atoms with Crippen LogP contribution in [0.15, 0.2) is 21.9 Å². The summed E-state index contributed by atoms with van der Waals surface area (Å²) >= 11 is 0. The van der Waals surface area contributed by atoms with E-state index in [2.05, 4.69) is 0 Å². The third-order valence-corrected chi connectivity index (χ3v) is 9.32. The zero-order valence-electron chi connectivity index (χ0n) is 14.9. The Morgan fingerprint density at radius 3 is 2.48 bits per heavy atom. The Hall–Kier alpha value is -1.36. The van der Waals surface area contributed by atoms with Gasteiger partial charge in [-0.25, -0.2) is 4.79 Å². The van der Waals surface area contributed by atoms with Crippen molar-refractivity contribution in [2.24, 2.45) is 0 Å². The van der Waals surface area contributed by atoms with Crippen LogP contribution in [0, 0.1) is 0 Å². The Labute approximate surface area is 144 Å². The molecule has 2 rings (SSSR count). The van der Waals surface area contributed by atoms with Gasteiger partial charge in [0.15, 0.2) is 8.32 Å². The average molecular weight is 378 g/mol. The normalized spacial score (nSPS) is 26.8. The Kier molecular flexibility index (Phi) is 5.12. The van der Waals surface area contributed by atoms with Crippen LogP contribution in [0.25, 0.3) is 0 Å². The molecule has 0 spiro atoms. The standard InChI is InChI=1S/C15H24F2N2O5Si/c1-14(2,3)25(4,5)24-11-9(8-20)23-12(15(11,16)17)19-7-6-10(21)18-13(19)22/h6-7,9,11-12,20H,8H2,1-5H3,(H,18,21,22)/t9-,11?,12-/m1/s1. The topological polar surface area (TPSA) is 93.5 Å². The van der Waals surface area contributed by atoms with Crippen molar-refractivity contribution < 1.29 is 23.1 Å². The third kappa shape index (κ3) is 3.62. The summed E-state index contributed by atoms with van der Waals surface area (Å²) in [6, 6.07) is 0.955. The molecule has 0 saturated carbocycles. The minimum Gasteiger partial charge on any atom is -0.405 e. The van der Waals surface area contributed by atoms with Crippen LogP contribution >= 0.6 is 0 Å². The van der Waals surface area contributed by atoms with Gasteiger partial charge >= 0.3 is 11.6 Å². The van der Waals surface area contributed by atoms with E-state index in [9.17, 15) is 14.7 Å². The lowest BCUT2D eigenvalue weighted by Crippen LogP contribution is -2.52. The van der Waals surface area contributed by atoms with Crippen molar-refractivity contribution in [1.29, 1.82) is 0 Å². The average Bonchev–Trinajstić information content (AvgIpc) is 2.69. The Balaban J connectivity index is 2.42. The summed E-state index contributed by atoms with van der Waals surface area (Å²) in [5, 5.41) is 9.15. The molecule has 1 aromatic heterocycles. The Morgan fingerprint density at radius 1 is 1.40 bits per heavy atom. The lowest BCUT2D eigenvalue weighted by Gasteiger charge is -2.40. The predicted molar refractivity (Wildman–Crippen MR) is 89.3 cm³/mol. The van der Waals surface area contributed by atoms with E-state index >= 15 is 8.78 Å². The highest BCUT2D eigenvalue weighted by Gasteiger charge is 2.62. The minimum atomic E-state index is -3.56. The SMILES string of the molecule is CC(C)(C)[Si](C)(C)OC1[C@@H](CO)O[C@@H](n2ccc(=O)[nH]c2=O)C1(F)F. The number of ether oxygens (including phenoxy) is 1. The Morgan fingerprint density at radius 2 is 2.00 bits per heavy atom. The van der Waals surface area contributed by atoms with Crippen LogP contribution in [-0.2, 0) is 9.16 Å². The first kappa shape index (κ1) is 20.0. The van der Waals surface area contributed by atoms with E-state index in [1.165, 1.54) is 0 Å². The number of hydrogen-bond acceptors (Lipinski definition) is 5. The van der Waals surface area contributed by atoms with Gasteiger partial charge in [-0.15, -0.1) is 0 Å². The van der Waals surface area contributed by atoms with Crippen molar-refractivity contribution in [3.05, 3.63) is 33.1 Å². The van der Waals surface area contributed by atoms with E-state index in [-0.39, 0.29) is 5.04 Å². The van der Waals surface area contributed by atoms with Crippen LogP contribution in [-0.4, -0.2) is 47.7 Å². The van der Waals surface area contributed by atoms with Crippen molar-refractivity contribution in [2.45, 2.75) is 63.3 Å². The summed E-state index contributed by atoms with van der Waals surface area (Å²) in [6.45, 7) is 8.68. The molecule has 142 valence electrons. The van der Waals surface area contributed by atoms with Crippen molar-refractivity contribution in [3.63, 3.8) is 0 Å². The van der Waals surface area contributed by atoms with Crippen LogP contribution in [0.4, 0.5) is 8.78 Å². The number of nitrogens with one attached hydrogen (secondary N) is 1. The monoisotopic (exact) mass is 378 g/mol. The Bertz CT molecular complexity index is 740. The second kappa shape index (κ2) is 6.42. The molecular weight excluding hydrogens is 354 g/mol. The van der Waals surface area contributed by atoms with Gasteiger partial charge in [0.1, 0.15) is 12.2 Å². The van der Waals surface area contributed by atoms with Gasteiger partial charge in [-0.3, -0.25) is 14.3 Å². The van der Waals surface area contributed by atoms with E-state index in [4.69, 9.17) is 9.16 Å². The van der Waals surface area contributed by atoms with Gasteiger partial charge in [0, 0.05) is 12.3 Å². The number of hydrogen-bond donors (Lipinski definition) is 2. The maximum absolute atomic E-state index is 15.0. The van der Waals surface area contributed by atoms with Crippen LogP contribution in [0.5, 0.6) is 0 Å². The van der Waals surface area contributed by atoms with Gasteiger partial charge < -0.3 is 14.3 Å². The van der Waals surface area contributed by atoms with E-state index in [1.807, 2.05) is 38.8 Å². The lowest BCUT2D eigenvalue weighted by molar-refractivity contribution is -0.138. The number of aliphatic hydroxyl groups excluding tert-OH is 1. The van der Waals surface area contributed by atoms with Crippen molar-refractivity contribution >= 4 is 8.32 Å². The summed E-state index contributed by atoms with van der Waals surface area (Å²) in [7, 11) is -2.59. The predicted octanol–water partition coefficient (Wildman–Crippen LogP) is 1.45. The van der Waals surface area contributed by atoms with Gasteiger partial charge in [-0.1, -0.05) is 20.8 Å². The number of nitrogens with zero attached hydrogens (tertiary/aromatic N) is 1. The first-order valence-corrected chi connectivity index (χ1v) is 10.9. The van der Waals surface area contributed by atoms with Crippen LogP contribution < -0.4 is 11.2 Å². The highest BCUT2D eigenvalue weighted by atomic mass is 28.4. The summed E-state index contributed by atoms with van der Waals surface area (Å²) in [5.74, 6) is -3.56. The van der Waals surface area contributed by atoms with Gasteiger partial charge in [0.2, 0.25) is 6.23 Å². The number of rotatable bonds is 4. The fourth-order valence-corrected chi connectivity index (χ4v) is 3.66. The number of aromatic nitrogens is 2. The number of alkyl halides is 2. The minimum absolute atomic E-state index is 0.323. The molecule has 1 saturated heterocycles. The molecular formula is C15H24F2N2O5Si. The largest absolute Gasteiger partial charge is 0.405 e. The quantitative estimate of drug-likeness (QED) is 0.774. The first-order valence-electron chi connectivity index (χ1n) is 7.94. The maximum atomic E-state index is 15.0. The van der Waals surface area contributed by atoms with E-state index < -0.39 is 50.5 Å². The zero-order valence-corrected chi connectivity index (χ0v) is 15.9. The van der Waals surface area contributed by atoms with Crippen LogP contribution in [0.2, 0.25) is 18.1 Å². The van der Waals surface area contributed by atoms with Crippen LogP contribution in [0.1, 0.15) is 27.0 Å². The zero-order chi connectivity index (χ0) is 19.2. The smallest absolute Gasteiger partial charge is 0.330 e. The number of H-pyrrole nitrogens is 1. The molecule has 2 heterocycles. The van der Waals surface area contributed by atoms with E-state index in [0.717, 1.165) is 12.3 Å². The van der Waals surface area contributed by atoms with Crippen molar-refractivity contribution in [2.75, 3.05) is 6.61 Å². The van der Waals surface area contributed by atoms with Crippen molar-refractivity contribution in [3.8, 4) is 0 Å². The summed E-state index contributed by atoms with van der Waals surface area (Å²) in [4.78, 5) is 24.9. The molecule has 3 atom stereocenters. The molecule has 1 unspecified atom stereocenters. The van der Waals surface area contributed by atoms with Gasteiger partial charge in [0.25, 0.3) is 5.56 Å². The third-order valence-electron chi connectivity index (χ3n) is 4.86. The number of aliphatic hydroxyl groups is 1. The van der Waals surface area contributed by atoms with E-state index in [1.54, 1.807) is 0 Å². The molecule has 2 N–H and O–H groups in total. The molecule has 0 aromatic carbocycles. The molecule has 0 radical (unpaired) electrons. The van der Waals surface area contributed by atoms with Crippen LogP contribution in [0.3, 0.4) is 0 Å². The second-order valence-corrected chi connectivity index (χ2v) is 12.5. The van der Waals surface area contributed by atoms with Gasteiger partial charge in [-0.2, -0.15) is 8.78 Å². The second-order valence-electron chi connectivity index (χ2n) is 7.70. The maximum Gasteiger partial charge on any atom is 0.330 e. The molecule has 1 aromatic rings. The summed E-state index contributed by atoms with van der Waals surface area (Å²) in [6.07, 6.45) is -4.00. The first-order chi connectivity index (χ1) is 11.3. The highest BCUT2D eigenvalue weighted by Crippen LogP contribution is 2.47. The molecule has 10 heteroatoms. The number of aromatic amines is 1. The number of halogens is 2. The lowest BCUT2D eigenvalue weighted by atomic mass is 10.1. The molecule has 0 amide bonds. The molecule has 1 aliphatic heterocycles. The highest BCUT2D eigenvalue weighted by molar-refractivity contribution is 6.74. The molecule has 7 nitrogen and oxygen atoms in total. The molecule has 0 bridgehead atoms. The van der Waals surface area contributed by atoms with Gasteiger partial charge in [-0.05, 0) is 18.1 Å². The van der Waals surface area contributed by atoms with E-state index in [0.29, 0.717) is 4.57 Å². The molecule has 1 aliphatic rings.